The van der Waals surface area contributed by atoms with Crippen molar-refractivity contribution < 1.29 is 18.0 Å². The van der Waals surface area contributed by atoms with Gasteiger partial charge in [0.1, 0.15) is 22.5 Å². The average Bonchev–Trinajstić information content (AvgIpc) is 2.84. The van der Waals surface area contributed by atoms with E-state index >= 15 is 0 Å². The van der Waals surface area contributed by atoms with Gasteiger partial charge in [0.25, 0.3) is 11.5 Å². The van der Waals surface area contributed by atoms with Gasteiger partial charge in [-0.05, 0) is 55.5 Å². The number of hydrogen-bond acceptors (Lipinski definition) is 3. The molecule has 2 aromatic carbocycles. The van der Waals surface area contributed by atoms with Crippen LogP contribution in [0.25, 0.3) is 0 Å². The van der Waals surface area contributed by atoms with Gasteiger partial charge in [-0.1, -0.05) is 23.7 Å². The van der Waals surface area contributed by atoms with Crippen molar-refractivity contribution >= 4 is 28.9 Å². The first-order chi connectivity index (χ1) is 16.3. The van der Waals surface area contributed by atoms with E-state index in [9.17, 15) is 22.8 Å². The molecule has 5 nitrogen and oxygen atoms in total. The molecular weight excluding hydrogens is 467 g/mol. The normalized spacial score (nSPS) is 14.3. The summed E-state index contributed by atoms with van der Waals surface area (Å²) in [5.74, 6) is -2.09. The summed E-state index contributed by atoms with van der Waals surface area (Å²) in [5, 5.41) is 2.47. The van der Waals surface area contributed by atoms with Gasteiger partial charge in [-0.25, -0.2) is 13.2 Å². The number of aryl methyl sites for hydroxylation is 1. The van der Waals surface area contributed by atoms with Crippen molar-refractivity contribution in [2.45, 2.75) is 32.2 Å². The molecule has 1 aliphatic rings. The summed E-state index contributed by atoms with van der Waals surface area (Å²) in [6.45, 7) is 2.94. The summed E-state index contributed by atoms with van der Waals surface area (Å²) in [6, 6.07) is 9.31. The first-order valence-electron chi connectivity index (χ1n) is 11.0. The SMILES string of the molecule is CCn1cc(C(=O)N2CCC(c3ccc(F)cc3)CC2)c(Nc2ccc(F)cc2F)c(Cl)c1=O. The summed E-state index contributed by atoms with van der Waals surface area (Å²) in [4.78, 5) is 27.7. The highest BCUT2D eigenvalue weighted by molar-refractivity contribution is 6.34. The number of nitrogens with one attached hydrogen (secondary N) is 1. The fourth-order valence-corrected chi connectivity index (χ4v) is 4.45. The smallest absolute Gasteiger partial charge is 0.271 e. The monoisotopic (exact) mass is 489 g/mol. The minimum Gasteiger partial charge on any atom is -0.351 e. The lowest BCUT2D eigenvalue weighted by Crippen LogP contribution is -2.39. The topological polar surface area (TPSA) is 54.3 Å². The number of piperidine rings is 1. The zero-order chi connectivity index (χ0) is 24.4. The number of carbonyl (C=O) groups excluding carboxylic acids is 1. The molecule has 0 atom stereocenters. The van der Waals surface area contributed by atoms with E-state index in [2.05, 4.69) is 5.32 Å². The molecule has 1 aromatic heterocycles. The Kier molecular flexibility index (Phi) is 6.97. The predicted molar refractivity (Wildman–Crippen MR) is 125 cm³/mol. The van der Waals surface area contributed by atoms with Gasteiger partial charge in [0.05, 0.1) is 16.9 Å². The van der Waals surface area contributed by atoms with Crippen LogP contribution < -0.4 is 10.9 Å². The molecule has 1 fully saturated rings. The highest BCUT2D eigenvalue weighted by Crippen LogP contribution is 2.32. The fourth-order valence-electron chi connectivity index (χ4n) is 4.20. The molecule has 1 saturated heterocycles. The Labute approximate surface area is 199 Å². The van der Waals surface area contributed by atoms with Gasteiger partial charge in [0, 0.05) is 31.9 Å². The number of amides is 1. The van der Waals surface area contributed by atoms with Gasteiger partial charge in [-0.15, -0.1) is 0 Å². The third-order valence-electron chi connectivity index (χ3n) is 6.11. The molecule has 1 N–H and O–H groups in total. The summed E-state index contributed by atoms with van der Waals surface area (Å²) in [5.41, 5.74) is 0.481. The van der Waals surface area contributed by atoms with Crippen LogP contribution in [0.4, 0.5) is 24.5 Å². The van der Waals surface area contributed by atoms with Gasteiger partial charge in [-0.3, -0.25) is 9.59 Å². The molecule has 0 unspecified atom stereocenters. The molecule has 1 amide bonds. The minimum atomic E-state index is -0.880. The second-order valence-corrected chi connectivity index (χ2v) is 8.57. The number of likely N-dealkylation sites (tertiary alicyclic amines) is 1. The molecule has 3 aromatic rings. The molecule has 2 heterocycles. The van der Waals surface area contributed by atoms with Crippen molar-refractivity contribution in [2.75, 3.05) is 18.4 Å². The van der Waals surface area contributed by atoms with Crippen LogP contribution in [0.3, 0.4) is 0 Å². The van der Waals surface area contributed by atoms with E-state index in [1.807, 2.05) is 0 Å². The van der Waals surface area contributed by atoms with Crippen LogP contribution in [0.15, 0.2) is 53.5 Å². The Morgan fingerprint density at radius 3 is 2.32 bits per heavy atom. The Hall–Kier alpha value is -3.26. The molecule has 0 radical (unpaired) electrons. The lowest BCUT2D eigenvalue weighted by atomic mass is 9.89. The first-order valence-corrected chi connectivity index (χ1v) is 11.4. The Morgan fingerprint density at radius 1 is 1.06 bits per heavy atom. The average molecular weight is 490 g/mol. The fraction of sp³-hybridized carbons (Fsp3) is 0.280. The summed E-state index contributed by atoms with van der Waals surface area (Å²) in [7, 11) is 0. The zero-order valence-electron chi connectivity index (χ0n) is 18.5. The number of aromatic nitrogens is 1. The number of pyridine rings is 1. The number of rotatable bonds is 5. The van der Waals surface area contributed by atoms with E-state index in [1.165, 1.54) is 29.0 Å². The molecule has 0 bridgehead atoms. The second kappa shape index (κ2) is 9.93. The Bertz CT molecular complexity index is 1270. The molecule has 178 valence electrons. The lowest BCUT2D eigenvalue weighted by Gasteiger charge is -2.33. The number of benzene rings is 2. The van der Waals surface area contributed by atoms with Crippen molar-refractivity contribution in [3.8, 4) is 0 Å². The molecule has 0 spiro atoms. The predicted octanol–water partition coefficient (Wildman–Crippen LogP) is 5.70. The molecule has 34 heavy (non-hydrogen) atoms. The third-order valence-corrected chi connectivity index (χ3v) is 6.46. The van der Waals surface area contributed by atoms with Gasteiger partial charge < -0.3 is 14.8 Å². The van der Waals surface area contributed by atoms with E-state index in [4.69, 9.17) is 11.6 Å². The maximum absolute atomic E-state index is 14.3. The molecular formula is C25H23ClF3N3O2. The van der Waals surface area contributed by atoms with Crippen molar-refractivity contribution in [3.05, 3.63) is 92.6 Å². The standard InChI is InChI=1S/C25H23ClF3N3O2/c1-2-31-14-19(23(22(26)25(31)34)30-21-8-7-18(28)13-20(21)29)24(33)32-11-9-16(10-12-32)15-3-5-17(27)6-4-15/h3-8,13-14,16,30H,2,9-12H2,1H3. The number of carbonyl (C=O) groups is 1. The van der Waals surface area contributed by atoms with Crippen molar-refractivity contribution in [1.29, 1.82) is 0 Å². The number of hydrogen-bond donors (Lipinski definition) is 1. The number of anilines is 2. The van der Waals surface area contributed by atoms with Crippen LogP contribution in [-0.2, 0) is 6.54 Å². The summed E-state index contributed by atoms with van der Waals surface area (Å²) >= 11 is 6.32. The quantitative estimate of drug-likeness (QED) is 0.500. The van der Waals surface area contributed by atoms with Crippen molar-refractivity contribution in [2.24, 2.45) is 0 Å². The Morgan fingerprint density at radius 2 is 1.71 bits per heavy atom. The van der Waals surface area contributed by atoms with Gasteiger partial charge >= 0.3 is 0 Å². The summed E-state index contributed by atoms with van der Waals surface area (Å²) < 4.78 is 42.2. The largest absolute Gasteiger partial charge is 0.351 e. The molecule has 4 rings (SSSR count). The van der Waals surface area contributed by atoms with Gasteiger partial charge in [0.15, 0.2) is 0 Å². The van der Waals surface area contributed by atoms with E-state index < -0.39 is 17.2 Å². The van der Waals surface area contributed by atoms with E-state index in [0.717, 1.165) is 11.6 Å². The zero-order valence-corrected chi connectivity index (χ0v) is 19.2. The third kappa shape index (κ3) is 4.82. The maximum Gasteiger partial charge on any atom is 0.271 e. The van der Waals surface area contributed by atoms with Crippen LogP contribution >= 0.6 is 11.6 Å². The van der Waals surface area contributed by atoms with Gasteiger partial charge in [0.2, 0.25) is 0 Å². The van der Waals surface area contributed by atoms with E-state index in [1.54, 1.807) is 24.0 Å². The highest BCUT2D eigenvalue weighted by Gasteiger charge is 2.28. The molecule has 9 heteroatoms. The lowest BCUT2D eigenvalue weighted by molar-refractivity contribution is 0.0713. The van der Waals surface area contributed by atoms with Crippen molar-refractivity contribution in [3.63, 3.8) is 0 Å². The summed E-state index contributed by atoms with van der Waals surface area (Å²) in [6.07, 6.45) is 2.79. The van der Waals surface area contributed by atoms with E-state index in [0.29, 0.717) is 32.0 Å². The van der Waals surface area contributed by atoms with Gasteiger partial charge in [-0.2, -0.15) is 0 Å². The van der Waals surface area contributed by atoms with Crippen LogP contribution in [-0.4, -0.2) is 28.5 Å². The Balaban J connectivity index is 1.62. The van der Waals surface area contributed by atoms with Crippen molar-refractivity contribution in [1.82, 2.24) is 9.47 Å². The number of halogens is 4. The highest BCUT2D eigenvalue weighted by atomic mass is 35.5. The van der Waals surface area contributed by atoms with Crippen LogP contribution in [0, 0.1) is 17.5 Å². The molecule has 1 aliphatic heterocycles. The van der Waals surface area contributed by atoms with Crippen LogP contribution in [0.1, 0.15) is 41.6 Å². The van der Waals surface area contributed by atoms with Crippen LogP contribution in [0.2, 0.25) is 5.02 Å². The first kappa shape index (κ1) is 23.9. The molecule has 0 saturated carbocycles. The second-order valence-electron chi connectivity index (χ2n) is 8.19. The minimum absolute atomic E-state index is 0.0208. The maximum atomic E-state index is 14.3. The molecule has 0 aliphatic carbocycles. The van der Waals surface area contributed by atoms with Crippen LogP contribution in [0.5, 0.6) is 0 Å². The number of nitrogens with zero attached hydrogens (tertiary/aromatic N) is 2. The van der Waals surface area contributed by atoms with E-state index in [-0.39, 0.29) is 46.1 Å².